The van der Waals surface area contributed by atoms with Crippen molar-refractivity contribution in [2.45, 2.75) is 13.8 Å². The minimum absolute atomic E-state index is 0.140. The van der Waals surface area contributed by atoms with Crippen LogP contribution in [0.1, 0.15) is 18.1 Å². The Morgan fingerprint density at radius 2 is 2.07 bits per heavy atom. The Kier molecular flexibility index (Phi) is 5.48. The summed E-state index contributed by atoms with van der Waals surface area (Å²) in [5.41, 5.74) is 3.21. The molecule has 2 heterocycles. The highest BCUT2D eigenvalue weighted by atomic mass is 79.9. The second kappa shape index (κ2) is 8.08. The molecule has 7 nitrogen and oxygen atoms in total. The molecule has 154 valence electrons. The molecule has 2 aromatic carbocycles. The lowest BCUT2D eigenvalue weighted by molar-refractivity contribution is -0.139. The van der Waals surface area contributed by atoms with Gasteiger partial charge in [0, 0.05) is 4.47 Å². The maximum absolute atomic E-state index is 13.1. The fraction of sp³-hybridized carbons (Fsp3) is 0.190. The quantitative estimate of drug-likeness (QED) is 0.447. The summed E-state index contributed by atoms with van der Waals surface area (Å²) in [4.78, 5) is 29.1. The maximum atomic E-state index is 13.1. The number of thiazole rings is 1. The van der Waals surface area contributed by atoms with Gasteiger partial charge in [-0.3, -0.25) is 4.79 Å². The van der Waals surface area contributed by atoms with Gasteiger partial charge in [-0.1, -0.05) is 39.4 Å². The van der Waals surface area contributed by atoms with Crippen LogP contribution in [-0.4, -0.2) is 33.7 Å². The molecule has 4 aromatic rings. The lowest BCUT2D eigenvalue weighted by Gasteiger charge is -2.12. The van der Waals surface area contributed by atoms with Crippen LogP contribution in [0.4, 0.5) is 0 Å². The molecule has 4 rings (SSSR count). The molecule has 0 aliphatic carbocycles. The molecule has 0 radical (unpaired) electrons. The van der Waals surface area contributed by atoms with Gasteiger partial charge in [0.15, 0.2) is 23.1 Å². The molecule has 0 unspecified atom stereocenters. The summed E-state index contributed by atoms with van der Waals surface area (Å²) >= 11 is 4.78. The van der Waals surface area contributed by atoms with E-state index < -0.39 is 12.6 Å². The number of aliphatic carboxylic acids is 1. The standard InChI is InChI=1S/C21H17BrN2O5S/c1-3-28-15-7-12(13(22)9-16(15)29-10-18(25)26)8-17-20(27)24-14-6-4-5-11(2)19(14)23-21(24)30-17/h4-9H,3,10H2,1-2H3,(H,25,26)/b17-8-. The van der Waals surface area contributed by atoms with E-state index in [0.717, 1.165) is 16.6 Å². The highest BCUT2D eigenvalue weighted by Crippen LogP contribution is 2.34. The van der Waals surface area contributed by atoms with Crippen LogP contribution in [0.2, 0.25) is 0 Å². The van der Waals surface area contributed by atoms with Gasteiger partial charge in [0.1, 0.15) is 0 Å². The van der Waals surface area contributed by atoms with Crippen LogP contribution in [0.15, 0.2) is 39.6 Å². The van der Waals surface area contributed by atoms with Gasteiger partial charge >= 0.3 is 5.97 Å². The number of imidazole rings is 1. The lowest BCUT2D eigenvalue weighted by atomic mass is 10.2. The summed E-state index contributed by atoms with van der Waals surface area (Å²) in [7, 11) is 0. The van der Waals surface area contributed by atoms with Crippen LogP contribution in [0.3, 0.4) is 0 Å². The molecule has 0 saturated carbocycles. The third-order valence-corrected chi connectivity index (χ3v) is 6.13. The number of hydrogen-bond donors (Lipinski definition) is 1. The molecule has 9 heteroatoms. The van der Waals surface area contributed by atoms with Crippen LogP contribution >= 0.6 is 27.3 Å². The second-order valence-corrected chi connectivity index (χ2v) is 8.39. The molecule has 1 N–H and O–H groups in total. The summed E-state index contributed by atoms with van der Waals surface area (Å²) < 4.78 is 13.7. The molecule has 0 fully saturated rings. The monoisotopic (exact) mass is 488 g/mol. The molecule has 2 aromatic heterocycles. The van der Waals surface area contributed by atoms with Gasteiger partial charge in [-0.25, -0.2) is 14.2 Å². The summed E-state index contributed by atoms with van der Waals surface area (Å²) in [6.07, 6.45) is 1.76. The first-order valence-corrected chi connectivity index (χ1v) is 10.7. The maximum Gasteiger partial charge on any atom is 0.341 e. The van der Waals surface area contributed by atoms with Crippen LogP contribution in [0.5, 0.6) is 11.5 Å². The van der Waals surface area contributed by atoms with E-state index >= 15 is 0 Å². The number of benzene rings is 2. The third-order valence-electron chi connectivity index (χ3n) is 4.47. The van der Waals surface area contributed by atoms with Crippen molar-refractivity contribution >= 4 is 55.3 Å². The zero-order valence-electron chi connectivity index (χ0n) is 16.1. The van der Waals surface area contributed by atoms with Crippen LogP contribution in [-0.2, 0) is 4.79 Å². The Bertz CT molecular complexity index is 1390. The van der Waals surface area contributed by atoms with Crippen molar-refractivity contribution in [3.05, 3.63) is 60.8 Å². The SMILES string of the molecule is CCOc1cc(/C=c2\sc3nc4c(C)cccc4n3c2=O)c(Br)cc1OCC(=O)O. The topological polar surface area (TPSA) is 90.1 Å². The fourth-order valence-electron chi connectivity index (χ4n) is 3.15. The Balaban J connectivity index is 1.84. The smallest absolute Gasteiger partial charge is 0.341 e. The molecular weight excluding hydrogens is 472 g/mol. The first kappa shape index (κ1) is 20.4. The number of aryl methyl sites for hydroxylation is 1. The van der Waals surface area contributed by atoms with Gasteiger partial charge < -0.3 is 14.6 Å². The number of halogens is 1. The van der Waals surface area contributed by atoms with Crippen molar-refractivity contribution in [1.29, 1.82) is 0 Å². The number of para-hydroxylation sites is 1. The van der Waals surface area contributed by atoms with E-state index in [4.69, 9.17) is 14.6 Å². The molecule has 0 aliphatic rings. The van der Waals surface area contributed by atoms with Gasteiger partial charge in [-0.15, -0.1) is 0 Å². The molecule has 0 spiro atoms. The predicted octanol–water partition coefficient (Wildman–Crippen LogP) is 3.39. The minimum Gasteiger partial charge on any atom is -0.490 e. The number of aromatic nitrogens is 2. The van der Waals surface area contributed by atoms with E-state index in [1.807, 2.05) is 32.0 Å². The number of nitrogens with zero attached hydrogens (tertiary/aromatic N) is 2. The van der Waals surface area contributed by atoms with Crippen LogP contribution < -0.4 is 19.6 Å². The highest BCUT2D eigenvalue weighted by molar-refractivity contribution is 9.10. The Morgan fingerprint density at radius 1 is 1.30 bits per heavy atom. The molecule has 0 amide bonds. The summed E-state index contributed by atoms with van der Waals surface area (Å²) in [5.74, 6) is -0.360. The van der Waals surface area contributed by atoms with Crippen LogP contribution in [0, 0.1) is 6.92 Å². The highest BCUT2D eigenvalue weighted by Gasteiger charge is 2.14. The zero-order valence-corrected chi connectivity index (χ0v) is 18.5. The van der Waals surface area contributed by atoms with Gasteiger partial charge in [0.05, 0.1) is 22.2 Å². The number of rotatable bonds is 6. The Labute approximate surface area is 183 Å². The van der Waals surface area contributed by atoms with E-state index in [0.29, 0.717) is 37.6 Å². The molecule has 0 aliphatic heterocycles. The number of ether oxygens (including phenoxy) is 2. The lowest BCUT2D eigenvalue weighted by Crippen LogP contribution is -2.22. The largest absolute Gasteiger partial charge is 0.490 e. The average Bonchev–Trinajstić information content (AvgIpc) is 3.21. The zero-order chi connectivity index (χ0) is 21.4. The number of carbonyl (C=O) groups is 1. The van der Waals surface area contributed by atoms with Crippen LogP contribution in [0.25, 0.3) is 22.1 Å². The molecular formula is C21H17BrN2O5S. The number of carboxylic acid groups (broad SMARTS) is 1. The van der Waals surface area contributed by atoms with E-state index in [9.17, 15) is 9.59 Å². The molecule has 0 saturated heterocycles. The number of hydrogen-bond acceptors (Lipinski definition) is 6. The minimum atomic E-state index is -1.08. The van der Waals surface area contributed by atoms with E-state index in [1.165, 1.54) is 11.3 Å². The summed E-state index contributed by atoms with van der Waals surface area (Å²) in [6.45, 7) is 3.70. The van der Waals surface area contributed by atoms with Crippen molar-refractivity contribution in [3.63, 3.8) is 0 Å². The van der Waals surface area contributed by atoms with Gasteiger partial charge in [0.2, 0.25) is 0 Å². The molecule has 0 atom stereocenters. The summed E-state index contributed by atoms with van der Waals surface area (Å²) in [6, 6.07) is 9.12. The average molecular weight is 489 g/mol. The van der Waals surface area contributed by atoms with Crippen molar-refractivity contribution in [2.75, 3.05) is 13.2 Å². The first-order chi connectivity index (χ1) is 14.4. The number of carboxylic acids is 1. The molecule has 30 heavy (non-hydrogen) atoms. The van der Waals surface area contributed by atoms with Crippen molar-refractivity contribution < 1.29 is 19.4 Å². The van der Waals surface area contributed by atoms with E-state index in [2.05, 4.69) is 20.9 Å². The van der Waals surface area contributed by atoms with E-state index in [-0.39, 0.29) is 5.56 Å². The normalized spacial score (nSPS) is 12.0. The van der Waals surface area contributed by atoms with Gasteiger partial charge in [-0.05, 0) is 49.2 Å². The van der Waals surface area contributed by atoms with E-state index in [1.54, 1.807) is 22.6 Å². The van der Waals surface area contributed by atoms with Crippen molar-refractivity contribution in [2.24, 2.45) is 0 Å². The Hall–Kier alpha value is -2.91. The second-order valence-electron chi connectivity index (χ2n) is 6.52. The number of fused-ring (bicyclic) bond motifs is 3. The predicted molar refractivity (Wildman–Crippen MR) is 119 cm³/mol. The van der Waals surface area contributed by atoms with Crippen molar-refractivity contribution in [1.82, 2.24) is 9.38 Å². The van der Waals surface area contributed by atoms with Crippen molar-refractivity contribution in [3.8, 4) is 11.5 Å². The van der Waals surface area contributed by atoms with Gasteiger partial charge in [0.25, 0.3) is 5.56 Å². The third kappa shape index (κ3) is 3.66. The summed E-state index contributed by atoms with van der Waals surface area (Å²) in [5, 5.41) is 8.86. The molecule has 0 bridgehead atoms. The fourth-order valence-corrected chi connectivity index (χ4v) is 4.56. The Morgan fingerprint density at radius 3 is 2.80 bits per heavy atom. The van der Waals surface area contributed by atoms with Gasteiger partial charge in [-0.2, -0.15) is 0 Å². The first-order valence-electron chi connectivity index (χ1n) is 9.12.